The number of rotatable bonds is 5. The Kier molecular flexibility index (Phi) is 5.59. The van der Waals surface area contributed by atoms with Gasteiger partial charge in [-0.25, -0.2) is 23.1 Å². The molecule has 0 spiro atoms. The van der Waals surface area contributed by atoms with Crippen LogP contribution in [0.25, 0.3) is 11.3 Å². The fourth-order valence-corrected chi connectivity index (χ4v) is 5.52. The maximum absolute atomic E-state index is 13.5. The summed E-state index contributed by atoms with van der Waals surface area (Å²) in [5.41, 5.74) is 2.77. The van der Waals surface area contributed by atoms with E-state index in [9.17, 15) is 21.6 Å². The number of nitrogens with zero attached hydrogens (tertiary/aromatic N) is 4. The molecule has 1 aliphatic carbocycles. The number of aromatic nitrogens is 4. The fourth-order valence-electron chi connectivity index (χ4n) is 4.51. The summed E-state index contributed by atoms with van der Waals surface area (Å²) in [5.74, 6) is -0.212. The molecule has 7 nitrogen and oxygen atoms in total. The minimum atomic E-state index is -4.47. The van der Waals surface area contributed by atoms with Crippen LogP contribution in [0, 0.1) is 0 Å². The van der Waals surface area contributed by atoms with Gasteiger partial charge in [-0.1, -0.05) is 12.1 Å². The molecular weight excluding hydrogens is 479 g/mol. The quantitative estimate of drug-likeness (QED) is 0.427. The summed E-state index contributed by atoms with van der Waals surface area (Å²) < 4.78 is 70.0. The molecule has 2 aromatic carbocycles. The third-order valence-electron chi connectivity index (χ3n) is 6.15. The zero-order chi connectivity index (χ0) is 24.8. The van der Waals surface area contributed by atoms with Crippen LogP contribution in [0.5, 0.6) is 0 Å². The molecule has 0 saturated heterocycles. The number of fused-ring (bicyclic) bond motifs is 1. The minimum absolute atomic E-state index is 0.0311. The van der Waals surface area contributed by atoms with Gasteiger partial charge in [-0.05, 0) is 65.9 Å². The lowest BCUT2D eigenvalue weighted by atomic mass is 9.87. The van der Waals surface area contributed by atoms with Crippen LogP contribution in [0.3, 0.4) is 0 Å². The van der Waals surface area contributed by atoms with Gasteiger partial charge in [0.05, 0.1) is 16.2 Å². The van der Waals surface area contributed by atoms with E-state index in [0.717, 1.165) is 28.8 Å². The second kappa shape index (κ2) is 8.49. The van der Waals surface area contributed by atoms with Crippen molar-refractivity contribution in [3.63, 3.8) is 0 Å². The summed E-state index contributed by atoms with van der Waals surface area (Å²) in [5, 5.41) is 4.12. The Balaban J connectivity index is 1.53. The number of aryl methyl sites for hydroxylation is 2. The monoisotopic (exact) mass is 499 g/mol. The summed E-state index contributed by atoms with van der Waals surface area (Å²) in [7, 11) is -2.22. The first-order valence-corrected chi connectivity index (χ1v) is 12.2. The van der Waals surface area contributed by atoms with Gasteiger partial charge in [-0.15, -0.1) is 0 Å². The molecule has 35 heavy (non-hydrogen) atoms. The van der Waals surface area contributed by atoms with E-state index in [1.807, 2.05) is 0 Å². The maximum atomic E-state index is 13.5. The lowest BCUT2D eigenvalue weighted by Gasteiger charge is -2.19. The van der Waals surface area contributed by atoms with E-state index >= 15 is 0 Å². The van der Waals surface area contributed by atoms with Crippen molar-refractivity contribution < 1.29 is 21.6 Å². The molecule has 0 aliphatic heterocycles. The Morgan fingerprint density at radius 3 is 2.43 bits per heavy atom. The van der Waals surface area contributed by atoms with E-state index in [0.29, 0.717) is 24.1 Å². The second-order valence-electron chi connectivity index (χ2n) is 8.27. The predicted molar refractivity (Wildman–Crippen MR) is 123 cm³/mol. The topological polar surface area (TPSA) is 89.8 Å². The molecule has 1 atom stereocenters. The fraction of sp³-hybridized carbons (Fsp3) is 0.208. The highest BCUT2D eigenvalue weighted by Gasteiger charge is 2.34. The highest BCUT2D eigenvalue weighted by molar-refractivity contribution is 7.92. The lowest BCUT2D eigenvalue weighted by molar-refractivity contribution is -0.137. The molecule has 11 heteroatoms. The van der Waals surface area contributed by atoms with Gasteiger partial charge in [0.25, 0.3) is 10.0 Å². The van der Waals surface area contributed by atoms with Gasteiger partial charge >= 0.3 is 6.18 Å². The molecule has 0 saturated carbocycles. The van der Waals surface area contributed by atoms with Gasteiger partial charge in [-0.2, -0.15) is 18.3 Å². The number of alkyl halides is 3. The number of anilines is 1. The summed E-state index contributed by atoms with van der Waals surface area (Å²) in [4.78, 5) is 7.85. The third kappa shape index (κ3) is 4.39. The number of benzene rings is 2. The van der Waals surface area contributed by atoms with Gasteiger partial charge in [0.15, 0.2) is 0 Å². The first-order valence-electron chi connectivity index (χ1n) is 10.8. The van der Waals surface area contributed by atoms with Crippen LogP contribution in [0.2, 0.25) is 0 Å². The standard InChI is InChI=1S/C24H20F3N5O2S/c1-32-22(9-12-30-32)21-14-16(24(25,26)27)4-7-20(21)19-6-3-15-13-17(5-8-18(15)19)35(33,34)31-23-28-10-2-11-29-23/h2,4-5,7-14,19H,3,6H2,1H3,(H,28,29,31)/t19-/m1/s1. The van der Waals surface area contributed by atoms with Crippen LogP contribution in [-0.2, 0) is 29.7 Å². The van der Waals surface area contributed by atoms with Crippen molar-refractivity contribution in [2.45, 2.75) is 29.8 Å². The van der Waals surface area contributed by atoms with Crippen molar-refractivity contribution in [2.75, 3.05) is 4.72 Å². The maximum Gasteiger partial charge on any atom is 0.416 e. The van der Waals surface area contributed by atoms with E-state index in [2.05, 4.69) is 19.8 Å². The van der Waals surface area contributed by atoms with E-state index in [-0.39, 0.29) is 16.8 Å². The molecule has 1 aliphatic rings. The Hall–Kier alpha value is -3.73. The molecule has 0 bridgehead atoms. The number of hydrogen-bond acceptors (Lipinski definition) is 5. The average molecular weight is 500 g/mol. The summed E-state index contributed by atoms with van der Waals surface area (Å²) in [6.45, 7) is 0. The van der Waals surface area contributed by atoms with Crippen LogP contribution in [0.4, 0.5) is 19.1 Å². The lowest BCUT2D eigenvalue weighted by Crippen LogP contribution is -2.15. The Morgan fingerprint density at radius 1 is 1.00 bits per heavy atom. The molecule has 180 valence electrons. The Labute approximate surface area is 199 Å². The smallest absolute Gasteiger partial charge is 0.268 e. The van der Waals surface area contributed by atoms with Gasteiger partial charge in [-0.3, -0.25) is 4.68 Å². The normalized spacial score (nSPS) is 15.7. The summed E-state index contributed by atoms with van der Waals surface area (Å²) in [6.07, 6.45) is 1.17. The molecule has 2 aromatic heterocycles. The number of halogens is 3. The molecule has 0 amide bonds. The predicted octanol–water partition coefficient (Wildman–Crippen LogP) is 4.77. The van der Waals surface area contributed by atoms with Gasteiger partial charge < -0.3 is 0 Å². The van der Waals surface area contributed by atoms with Crippen molar-refractivity contribution >= 4 is 16.0 Å². The molecule has 2 heterocycles. The Bertz CT molecular complexity index is 1500. The summed E-state index contributed by atoms with van der Waals surface area (Å²) in [6, 6.07) is 11.9. The third-order valence-corrected chi connectivity index (χ3v) is 7.47. The van der Waals surface area contributed by atoms with Crippen LogP contribution in [-0.4, -0.2) is 28.2 Å². The highest BCUT2D eigenvalue weighted by Crippen LogP contribution is 2.44. The molecule has 0 fully saturated rings. The van der Waals surface area contributed by atoms with Crippen molar-refractivity contribution in [3.05, 3.63) is 89.4 Å². The van der Waals surface area contributed by atoms with Crippen LogP contribution in [0.1, 0.15) is 34.6 Å². The first kappa shape index (κ1) is 23.0. The Morgan fingerprint density at radius 2 is 1.74 bits per heavy atom. The molecule has 0 radical (unpaired) electrons. The summed E-state index contributed by atoms with van der Waals surface area (Å²) >= 11 is 0. The molecule has 0 unspecified atom stereocenters. The average Bonchev–Trinajstić information content (AvgIpc) is 3.44. The highest BCUT2D eigenvalue weighted by atomic mass is 32.2. The van der Waals surface area contributed by atoms with Gasteiger partial charge in [0, 0.05) is 37.1 Å². The van der Waals surface area contributed by atoms with Crippen molar-refractivity contribution in [1.82, 2.24) is 19.7 Å². The zero-order valence-corrected chi connectivity index (χ0v) is 19.3. The van der Waals surface area contributed by atoms with E-state index < -0.39 is 21.8 Å². The largest absolute Gasteiger partial charge is 0.416 e. The zero-order valence-electron chi connectivity index (χ0n) is 18.5. The molecular formula is C24H20F3N5O2S. The molecule has 4 aromatic rings. The van der Waals surface area contributed by atoms with E-state index in [1.54, 1.807) is 42.2 Å². The van der Waals surface area contributed by atoms with Gasteiger partial charge in [0.2, 0.25) is 5.95 Å². The molecule has 1 N–H and O–H groups in total. The van der Waals surface area contributed by atoms with E-state index in [1.165, 1.54) is 24.5 Å². The first-order chi connectivity index (χ1) is 16.6. The SMILES string of the molecule is Cn1nccc1-c1cc(C(F)(F)F)ccc1[C@@H]1CCc2cc(S(=O)(=O)Nc3ncccn3)ccc21. The number of sulfonamides is 1. The van der Waals surface area contributed by atoms with Crippen LogP contribution >= 0.6 is 0 Å². The number of hydrogen-bond donors (Lipinski definition) is 1. The van der Waals surface area contributed by atoms with Gasteiger partial charge in [0.1, 0.15) is 0 Å². The second-order valence-corrected chi connectivity index (χ2v) is 9.95. The van der Waals surface area contributed by atoms with Crippen molar-refractivity contribution in [1.29, 1.82) is 0 Å². The van der Waals surface area contributed by atoms with Crippen molar-refractivity contribution in [2.24, 2.45) is 7.05 Å². The van der Waals surface area contributed by atoms with Crippen LogP contribution < -0.4 is 4.72 Å². The van der Waals surface area contributed by atoms with Crippen molar-refractivity contribution in [3.8, 4) is 11.3 Å². The minimum Gasteiger partial charge on any atom is -0.268 e. The van der Waals surface area contributed by atoms with E-state index in [4.69, 9.17) is 0 Å². The van der Waals surface area contributed by atoms with Crippen LogP contribution in [0.15, 0.2) is 72.0 Å². The number of nitrogens with one attached hydrogen (secondary N) is 1. The molecule has 5 rings (SSSR count).